The van der Waals surface area contributed by atoms with Gasteiger partial charge in [0.25, 0.3) is 11.8 Å². The molecular formula is C23H21ClN4O3S. The maximum atomic E-state index is 12.4. The molecule has 0 bridgehead atoms. The van der Waals surface area contributed by atoms with E-state index in [9.17, 15) is 9.59 Å². The molecule has 2 amide bonds. The number of nitrogens with one attached hydrogen (secondary N) is 2. The fraction of sp³-hybridized carbons (Fsp3) is 0.174. The molecule has 1 aliphatic heterocycles. The van der Waals surface area contributed by atoms with Gasteiger partial charge in [-0.05, 0) is 54.7 Å². The van der Waals surface area contributed by atoms with Gasteiger partial charge in [-0.1, -0.05) is 29.8 Å². The van der Waals surface area contributed by atoms with Gasteiger partial charge in [0.15, 0.2) is 10.9 Å². The second-order valence-electron chi connectivity index (χ2n) is 7.20. The van der Waals surface area contributed by atoms with Crippen LogP contribution in [0, 0.1) is 0 Å². The number of piperazine rings is 1. The number of furan rings is 1. The number of anilines is 2. The Hall–Kier alpha value is -3.36. The van der Waals surface area contributed by atoms with Crippen LogP contribution in [-0.4, -0.2) is 48.0 Å². The van der Waals surface area contributed by atoms with Crippen molar-refractivity contribution in [2.45, 2.75) is 0 Å². The number of nitrogens with zero attached hydrogens (tertiary/aromatic N) is 2. The lowest BCUT2D eigenvalue weighted by Crippen LogP contribution is -2.48. The van der Waals surface area contributed by atoms with E-state index in [1.165, 1.54) is 6.26 Å². The molecule has 164 valence electrons. The Labute approximate surface area is 195 Å². The first-order chi connectivity index (χ1) is 15.5. The average molecular weight is 469 g/mol. The molecular weight excluding hydrogens is 448 g/mol. The topological polar surface area (TPSA) is 77.8 Å². The van der Waals surface area contributed by atoms with Gasteiger partial charge < -0.3 is 19.5 Å². The summed E-state index contributed by atoms with van der Waals surface area (Å²) in [6.07, 6.45) is 1.50. The lowest BCUT2D eigenvalue weighted by atomic mass is 10.2. The Bertz CT molecular complexity index is 1110. The SMILES string of the molecule is O=C(NC(=S)Nc1ccc(N2CCN(C(=O)c3ccco3)CC2)c(Cl)c1)c1ccccc1. The van der Waals surface area contributed by atoms with Gasteiger partial charge in [0.2, 0.25) is 0 Å². The summed E-state index contributed by atoms with van der Waals surface area (Å²) >= 11 is 11.8. The minimum absolute atomic E-state index is 0.105. The molecule has 2 aromatic carbocycles. The van der Waals surface area contributed by atoms with Gasteiger partial charge in [-0.15, -0.1) is 0 Å². The van der Waals surface area contributed by atoms with Crippen LogP contribution >= 0.6 is 23.8 Å². The minimum atomic E-state index is -0.284. The number of thiocarbonyl (C=S) groups is 1. The van der Waals surface area contributed by atoms with Crippen molar-refractivity contribution >= 4 is 52.1 Å². The van der Waals surface area contributed by atoms with Crippen molar-refractivity contribution in [2.75, 3.05) is 36.4 Å². The molecule has 0 atom stereocenters. The summed E-state index contributed by atoms with van der Waals surface area (Å²) in [4.78, 5) is 28.5. The van der Waals surface area contributed by atoms with Crippen molar-refractivity contribution in [1.82, 2.24) is 10.2 Å². The molecule has 0 saturated carbocycles. The van der Waals surface area contributed by atoms with Crippen LogP contribution in [0.25, 0.3) is 0 Å². The van der Waals surface area contributed by atoms with E-state index in [4.69, 9.17) is 28.2 Å². The molecule has 2 N–H and O–H groups in total. The van der Waals surface area contributed by atoms with Crippen LogP contribution in [0.15, 0.2) is 71.3 Å². The molecule has 2 heterocycles. The van der Waals surface area contributed by atoms with Crippen LogP contribution in [0.5, 0.6) is 0 Å². The van der Waals surface area contributed by atoms with Gasteiger partial charge in [0.1, 0.15) is 0 Å². The highest BCUT2D eigenvalue weighted by atomic mass is 35.5. The molecule has 1 aliphatic rings. The zero-order valence-corrected chi connectivity index (χ0v) is 18.7. The third-order valence-corrected chi connectivity index (χ3v) is 5.61. The van der Waals surface area contributed by atoms with Crippen LogP contribution < -0.4 is 15.5 Å². The second kappa shape index (κ2) is 9.84. The van der Waals surface area contributed by atoms with Gasteiger partial charge in [0, 0.05) is 37.4 Å². The number of benzene rings is 2. The number of carbonyl (C=O) groups is 2. The van der Waals surface area contributed by atoms with E-state index in [0.29, 0.717) is 48.2 Å². The van der Waals surface area contributed by atoms with Crippen LogP contribution in [0.3, 0.4) is 0 Å². The zero-order chi connectivity index (χ0) is 22.5. The number of hydrogen-bond acceptors (Lipinski definition) is 5. The number of carbonyl (C=O) groups excluding carboxylic acids is 2. The van der Waals surface area contributed by atoms with Crippen LogP contribution in [0.4, 0.5) is 11.4 Å². The number of halogens is 1. The Morgan fingerprint density at radius 2 is 1.72 bits per heavy atom. The van der Waals surface area contributed by atoms with Crippen molar-refractivity contribution in [2.24, 2.45) is 0 Å². The first-order valence-electron chi connectivity index (χ1n) is 10.1. The molecule has 1 fully saturated rings. The van der Waals surface area contributed by atoms with Crippen molar-refractivity contribution < 1.29 is 14.0 Å². The standard InChI is InChI=1S/C23H21ClN4O3S/c24-18-15-17(25-23(32)26-21(29)16-5-2-1-3-6-16)8-9-19(18)27-10-12-28(13-11-27)22(30)20-7-4-14-31-20/h1-9,14-15H,10-13H2,(H2,25,26,29,32). The summed E-state index contributed by atoms with van der Waals surface area (Å²) in [5.74, 6) is -0.0404. The largest absolute Gasteiger partial charge is 0.459 e. The van der Waals surface area contributed by atoms with Crippen LogP contribution in [-0.2, 0) is 0 Å². The molecule has 0 unspecified atom stereocenters. The third kappa shape index (κ3) is 5.09. The molecule has 1 aromatic heterocycles. The maximum Gasteiger partial charge on any atom is 0.289 e. The van der Waals surface area contributed by atoms with Crippen molar-refractivity contribution in [1.29, 1.82) is 0 Å². The van der Waals surface area contributed by atoms with Gasteiger partial charge in [-0.3, -0.25) is 14.9 Å². The summed E-state index contributed by atoms with van der Waals surface area (Å²) in [5.41, 5.74) is 2.07. The highest BCUT2D eigenvalue weighted by molar-refractivity contribution is 7.80. The van der Waals surface area contributed by atoms with E-state index in [0.717, 1.165) is 5.69 Å². The average Bonchev–Trinajstić information content (AvgIpc) is 3.34. The Balaban J connectivity index is 1.33. The smallest absolute Gasteiger partial charge is 0.289 e. The lowest BCUT2D eigenvalue weighted by molar-refractivity contribution is 0.0714. The highest BCUT2D eigenvalue weighted by Crippen LogP contribution is 2.30. The number of amides is 2. The van der Waals surface area contributed by atoms with E-state index < -0.39 is 0 Å². The molecule has 3 aromatic rings. The highest BCUT2D eigenvalue weighted by Gasteiger charge is 2.24. The van der Waals surface area contributed by atoms with Gasteiger partial charge >= 0.3 is 0 Å². The second-order valence-corrected chi connectivity index (χ2v) is 8.01. The normalized spacial score (nSPS) is 13.5. The minimum Gasteiger partial charge on any atom is -0.459 e. The molecule has 0 radical (unpaired) electrons. The fourth-order valence-electron chi connectivity index (χ4n) is 3.47. The molecule has 9 heteroatoms. The molecule has 0 spiro atoms. The summed E-state index contributed by atoms with van der Waals surface area (Å²) < 4.78 is 5.20. The van der Waals surface area contributed by atoms with E-state index in [1.54, 1.807) is 47.4 Å². The molecule has 7 nitrogen and oxygen atoms in total. The van der Waals surface area contributed by atoms with Crippen LogP contribution in [0.1, 0.15) is 20.9 Å². The van der Waals surface area contributed by atoms with Crippen LogP contribution in [0.2, 0.25) is 5.02 Å². The lowest BCUT2D eigenvalue weighted by Gasteiger charge is -2.36. The van der Waals surface area contributed by atoms with Crippen molar-refractivity contribution in [3.8, 4) is 0 Å². The number of hydrogen-bond donors (Lipinski definition) is 2. The Morgan fingerprint density at radius 3 is 2.38 bits per heavy atom. The quantitative estimate of drug-likeness (QED) is 0.563. The van der Waals surface area contributed by atoms with E-state index >= 15 is 0 Å². The van der Waals surface area contributed by atoms with Crippen molar-refractivity contribution in [3.63, 3.8) is 0 Å². The van der Waals surface area contributed by atoms with E-state index in [1.807, 2.05) is 18.2 Å². The monoisotopic (exact) mass is 468 g/mol. The van der Waals surface area contributed by atoms with Crippen molar-refractivity contribution in [3.05, 3.63) is 83.3 Å². The third-order valence-electron chi connectivity index (χ3n) is 5.11. The van der Waals surface area contributed by atoms with E-state index in [2.05, 4.69) is 15.5 Å². The van der Waals surface area contributed by atoms with Gasteiger partial charge in [-0.2, -0.15) is 0 Å². The predicted octanol–water partition coefficient (Wildman–Crippen LogP) is 4.02. The zero-order valence-electron chi connectivity index (χ0n) is 17.1. The summed E-state index contributed by atoms with van der Waals surface area (Å²) in [6, 6.07) is 17.7. The summed E-state index contributed by atoms with van der Waals surface area (Å²) in [6.45, 7) is 2.46. The van der Waals surface area contributed by atoms with Gasteiger partial charge in [0.05, 0.1) is 17.0 Å². The molecule has 4 rings (SSSR count). The Kier molecular flexibility index (Phi) is 6.72. The summed E-state index contributed by atoms with van der Waals surface area (Å²) in [5, 5.41) is 6.38. The van der Waals surface area contributed by atoms with E-state index in [-0.39, 0.29) is 16.9 Å². The maximum absolute atomic E-state index is 12.4. The molecule has 1 saturated heterocycles. The fourth-order valence-corrected chi connectivity index (χ4v) is 3.99. The van der Waals surface area contributed by atoms with Gasteiger partial charge in [-0.25, -0.2) is 0 Å². The first kappa shape index (κ1) is 21.9. The first-order valence-corrected chi connectivity index (χ1v) is 10.8. The predicted molar refractivity (Wildman–Crippen MR) is 128 cm³/mol. The number of rotatable bonds is 4. The molecule has 32 heavy (non-hydrogen) atoms. The molecule has 0 aliphatic carbocycles. The summed E-state index contributed by atoms with van der Waals surface area (Å²) in [7, 11) is 0. The Morgan fingerprint density at radius 1 is 0.969 bits per heavy atom.